The van der Waals surface area contributed by atoms with Crippen molar-refractivity contribution in [1.29, 1.82) is 0 Å². The van der Waals surface area contributed by atoms with Crippen LogP contribution in [0.2, 0.25) is 0 Å². The third kappa shape index (κ3) is 8.53. The molecule has 0 saturated heterocycles. The van der Waals surface area contributed by atoms with Gasteiger partial charge in [0.25, 0.3) is 0 Å². The molecule has 0 atom stereocenters. The Bertz CT molecular complexity index is 202. The number of methoxy groups -OCH3 is 1. The summed E-state index contributed by atoms with van der Waals surface area (Å²) < 4.78 is 5.07. The van der Waals surface area contributed by atoms with Crippen LogP contribution in [-0.4, -0.2) is 32.8 Å². The molecule has 0 aliphatic rings. The number of aliphatic imine (C=N–C) groups is 1. The van der Waals surface area contributed by atoms with Crippen molar-refractivity contribution in [3.8, 4) is 0 Å². The first-order valence-corrected chi connectivity index (χ1v) is 6.04. The summed E-state index contributed by atoms with van der Waals surface area (Å²) in [6.45, 7) is 8.92. The lowest BCUT2D eigenvalue weighted by molar-refractivity contribution is 0.155. The summed E-state index contributed by atoms with van der Waals surface area (Å²) in [6, 6.07) is 0. The first kappa shape index (κ1) is 15.2. The third-order valence-electron chi connectivity index (χ3n) is 2.50. The zero-order chi connectivity index (χ0) is 12.4. The van der Waals surface area contributed by atoms with Gasteiger partial charge in [-0.2, -0.15) is 0 Å². The van der Waals surface area contributed by atoms with Crippen LogP contribution in [0.15, 0.2) is 4.99 Å². The van der Waals surface area contributed by atoms with Crippen molar-refractivity contribution in [3.63, 3.8) is 0 Å². The molecule has 0 unspecified atom stereocenters. The van der Waals surface area contributed by atoms with Crippen molar-refractivity contribution in [3.05, 3.63) is 0 Å². The van der Waals surface area contributed by atoms with Gasteiger partial charge in [-0.3, -0.25) is 4.99 Å². The van der Waals surface area contributed by atoms with E-state index in [4.69, 9.17) is 10.5 Å². The normalized spacial score (nSPS) is 12.9. The summed E-state index contributed by atoms with van der Waals surface area (Å²) in [4.78, 5) is 4.35. The Kier molecular flexibility index (Phi) is 7.99. The van der Waals surface area contributed by atoms with Gasteiger partial charge < -0.3 is 15.8 Å². The van der Waals surface area contributed by atoms with Crippen LogP contribution in [0.25, 0.3) is 0 Å². The molecule has 0 aromatic rings. The molecule has 0 radical (unpaired) electrons. The average molecular weight is 229 g/mol. The fraction of sp³-hybridized carbons (Fsp3) is 0.917. The SMILES string of the molecule is CCCCNC(N)=NCC(C)(C)CCOC. The fourth-order valence-corrected chi connectivity index (χ4v) is 1.21. The van der Waals surface area contributed by atoms with Crippen molar-refractivity contribution < 1.29 is 4.74 Å². The van der Waals surface area contributed by atoms with Crippen molar-refractivity contribution in [2.45, 2.75) is 40.0 Å². The average Bonchev–Trinajstić information content (AvgIpc) is 2.24. The molecule has 0 aromatic carbocycles. The van der Waals surface area contributed by atoms with Crippen LogP contribution < -0.4 is 11.1 Å². The summed E-state index contributed by atoms with van der Waals surface area (Å²) in [6.07, 6.45) is 3.29. The second kappa shape index (κ2) is 8.39. The van der Waals surface area contributed by atoms with E-state index in [1.807, 2.05) is 0 Å². The van der Waals surface area contributed by atoms with E-state index >= 15 is 0 Å². The maximum atomic E-state index is 5.76. The maximum Gasteiger partial charge on any atom is 0.188 e. The lowest BCUT2D eigenvalue weighted by Gasteiger charge is -2.21. The maximum absolute atomic E-state index is 5.76. The molecule has 96 valence electrons. The third-order valence-corrected chi connectivity index (χ3v) is 2.50. The first-order valence-electron chi connectivity index (χ1n) is 6.04. The van der Waals surface area contributed by atoms with E-state index in [-0.39, 0.29) is 5.41 Å². The minimum atomic E-state index is 0.146. The van der Waals surface area contributed by atoms with Crippen molar-refractivity contribution in [2.75, 3.05) is 26.8 Å². The van der Waals surface area contributed by atoms with Crippen molar-refractivity contribution in [1.82, 2.24) is 5.32 Å². The second-order valence-electron chi connectivity index (χ2n) is 4.89. The van der Waals surface area contributed by atoms with Gasteiger partial charge in [0.15, 0.2) is 5.96 Å². The van der Waals surface area contributed by atoms with E-state index in [9.17, 15) is 0 Å². The van der Waals surface area contributed by atoms with Crippen LogP contribution in [-0.2, 0) is 4.74 Å². The van der Waals surface area contributed by atoms with Crippen molar-refractivity contribution >= 4 is 5.96 Å². The molecule has 0 aliphatic heterocycles. The molecule has 0 amide bonds. The zero-order valence-electron chi connectivity index (χ0n) is 11.2. The first-order chi connectivity index (χ1) is 7.52. The molecule has 0 fully saturated rings. The fourth-order valence-electron chi connectivity index (χ4n) is 1.21. The molecular formula is C12H27N3O. The van der Waals surface area contributed by atoms with Gasteiger partial charge in [-0.15, -0.1) is 0 Å². The Morgan fingerprint density at radius 3 is 2.69 bits per heavy atom. The molecule has 0 heterocycles. The van der Waals surface area contributed by atoms with Crippen LogP contribution in [0.1, 0.15) is 40.0 Å². The van der Waals surface area contributed by atoms with Crippen LogP contribution in [0, 0.1) is 5.41 Å². The number of rotatable bonds is 8. The summed E-state index contributed by atoms with van der Waals surface area (Å²) in [5.41, 5.74) is 5.90. The Morgan fingerprint density at radius 2 is 2.12 bits per heavy atom. The highest BCUT2D eigenvalue weighted by Crippen LogP contribution is 2.20. The number of unbranched alkanes of at least 4 members (excludes halogenated alkanes) is 1. The van der Waals surface area contributed by atoms with E-state index in [2.05, 4.69) is 31.1 Å². The standard InChI is InChI=1S/C12H27N3O/c1-5-6-8-14-11(13)15-10-12(2,3)7-9-16-4/h5-10H2,1-4H3,(H3,13,14,15). The number of hydrogen-bond acceptors (Lipinski definition) is 2. The van der Waals surface area contributed by atoms with Gasteiger partial charge in [0.2, 0.25) is 0 Å². The molecule has 0 aromatic heterocycles. The van der Waals surface area contributed by atoms with Crippen LogP contribution in [0.5, 0.6) is 0 Å². The second-order valence-corrected chi connectivity index (χ2v) is 4.89. The van der Waals surface area contributed by atoms with E-state index in [1.54, 1.807) is 7.11 Å². The molecule has 0 saturated carbocycles. The van der Waals surface area contributed by atoms with Gasteiger partial charge in [0.05, 0.1) is 0 Å². The number of hydrogen-bond donors (Lipinski definition) is 2. The molecule has 0 bridgehead atoms. The summed E-state index contributed by atoms with van der Waals surface area (Å²) in [5, 5.41) is 3.11. The lowest BCUT2D eigenvalue weighted by atomic mass is 9.90. The molecule has 0 spiro atoms. The number of ether oxygens (including phenoxy) is 1. The largest absolute Gasteiger partial charge is 0.385 e. The molecule has 3 N–H and O–H groups in total. The highest BCUT2D eigenvalue weighted by Gasteiger charge is 2.16. The van der Waals surface area contributed by atoms with Gasteiger partial charge >= 0.3 is 0 Å². The molecule has 16 heavy (non-hydrogen) atoms. The minimum Gasteiger partial charge on any atom is -0.385 e. The monoisotopic (exact) mass is 229 g/mol. The van der Waals surface area contributed by atoms with E-state index < -0.39 is 0 Å². The molecule has 0 aliphatic carbocycles. The number of nitrogens with two attached hydrogens (primary N) is 1. The van der Waals surface area contributed by atoms with E-state index in [0.717, 1.165) is 32.5 Å². The summed E-state index contributed by atoms with van der Waals surface area (Å²) in [5.74, 6) is 0.555. The van der Waals surface area contributed by atoms with Crippen LogP contribution in [0.3, 0.4) is 0 Å². The topological polar surface area (TPSA) is 59.6 Å². The molecule has 4 nitrogen and oxygen atoms in total. The quantitative estimate of drug-likeness (QED) is 0.379. The Labute approximate surface area is 99.7 Å². The highest BCUT2D eigenvalue weighted by atomic mass is 16.5. The predicted molar refractivity (Wildman–Crippen MR) is 69.7 cm³/mol. The molecule has 4 heteroatoms. The van der Waals surface area contributed by atoms with Crippen molar-refractivity contribution in [2.24, 2.45) is 16.1 Å². The zero-order valence-corrected chi connectivity index (χ0v) is 11.2. The van der Waals surface area contributed by atoms with E-state index in [1.165, 1.54) is 6.42 Å². The molecule has 0 rings (SSSR count). The van der Waals surface area contributed by atoms with Crippen LogP contribution in [0.4, 0.5) is 0 Å². The number of nitrogens with zero attached hydrogens (tertiary/aromatic N) is 1. The van der Waals surface area contributed by atoms with Gasteiger partial charge in [-0.1, -0.05) is 27.2 Å². The Balaban J connectivity index is 3.84. The Morgan fingerprint density at radius 1 is 1.44 bits per heavy atom. The van der Waals surface area contributed by atoms with Crippen LogP contribution >= 0.6 is 0 Å². The Hall–Kier alpha value is -0.770. The summed E-state index contributed by atoms with van der Waals surface area (Å²) >= 11 is 0. The molecular weight excluding hydrogens is 202 g/mol. The van der Waals surface area contributed by atoms with Gasteiger partial charge in [0, 0.05) is 26.8 Å². The smallest absolute Gasteiger partial charge is 0.188 e. The predicted octanol–water partition coefficient (Wildman–Crippen LogP) is 1.75. The minimum absolute atomic E-state index is 0.146. The lowest BCUT2D eigenvalue weighted by Crippen LogP contribution is -2.33. The van der Waals surface area contributed by atoms with E-state index in [0.29, 0.717) is 5.96 Å². The van der Waals surface area contributed by atoms with Gasteiger partial charge in [0.1, 0.15) is 0 Å². The van der Waals surface area contributed by atoms with Gasteiger partial charge in [-0.05, 0) is 18.3 Å². The highest BCUT2D eigenvalue weighted by molar-refractivity contribution is 5.77. The number of guanidine groups is 1. The summed E-state index contributed by atoms with van der Waals surface area (Å²) in [7, 11) is 1.72. The van der Waals surface area contributed by atoms with Gasteiger partial charge in [-0.25, -0.2) is 0 Å². The number of nitrogens with one attached hydrogen (secondary N) is 1.